The van der Waals surface area contributed by atoms with Crippen molar-refractivity contribution in [3.05, 3.63) is 59.4 Å². The maximum Gasteiger partial charge on any atom is 0.241 e. The number of benzene rings is 2. The molecule has 2 heterocycles. The van der Waals surface area contributed by atoms with Gasteiger partial charge in [-0.15, -0.1) is 0 Å². The first-order valence-electron chi connectivity index (χ1n) is 11.3. The molecule has 0 aromatic heterocycles. The molecule has 2 aliphatic heterocycles. The SMILES string of the molecule is COc1ccc2c(c1)CCCN2C(=O)CN1CCC(C(=O)NCc2ccc(F)cc2)CC1. The van der Waals surface area contributed by atoms with Crippen molar-refractivity contribution >= 4 is 17.5 Å². The fraction of sp³-hybridized carbons (Fsp3) is 0.440. The average molecular weight is 440 g/mol. The number of rotatable bonds is 6. The van der Waals surface area contributed by atoms with E-state index < -0.39 is 0 Å². The summed E-state index contributed by atoms with van der Waals surface area (Å²) >= 11 is 0. The number of ether oxygens (including phenoxy) is 1. The number of hydrogen-bond donors (Lipinski definition) is 1. The number of nitrogens with zero attached hydrogens (tertiary/aromatic N) is 2. The van der Waals surface area contributed by atoms with Crippen molar-refractivity contribution in [1.29, 1.82) is 0 Å². The Labute approximate surface area is 188 Å². The Kier molecular flexibility index (Phi) is 7.05. The molecule has 0 aliphatic carbocycles. The predicted molar refractivity (Wildman–Crippen MR) is 121 cm³/mol. The summed E-state index contributed by atoms with van der Waals surface area (Å²) < 4.78 is 18.3. The largest absolute Gasteiger partial charge is 0.497 e. The third-order valence-corrected chi connectivity index (χ3v) is 6.40. The zero-order chi connectivity index (χ0) is 22.5. The van der Waals surface area contributed by atoms with E-state index in [0.29, 0.717) is 13.1 Å². The number of piperidine rings is 1. The van der Waals surface area contributed by atoms with Crippen LogP contribution in [0.4, 0.5) is 10.1 Å². The Morgan fingerprint density at radius 1 is 1.09 bits per heavy atom. The highest BCUT2D eigenvalue weighted by Crippen LogP contribution is 2.31. The molecule has 0 saturated carbocycles. The lowest BCUT2D eigenvalue weighted by atomic mass is 9.95. The van der Waals surface area contributed by atoms with Crippen molar-refractivity contribution in [2.75, 3.05) is 38.2 Å². The van der Waals surface area contributed by atoms with Gasteiger partial charge in [-0.1, -0.05) is 12.1 Å². The van der Waals surface area contributed by atoms with E-state index in [-0.39, 0.29) is 23.5 Å². The third-order valence-electron chi connectivity index (χ3n) is 6.40. The predicted octanol–water partition coefficient (Wildman–Crippen LogP) is 3.14. The van der Waals surface area contributed by atoms with E-state index in [4.69, 9.17) is 4.74 Å². The normalized spacial score (nSPS) is 17.0. The van der Waals surface area contributed by atoms with Crippen LogP contribution in [0.1, 0.15) is 30.4 Å². The summed E-state index contributed by atoms with van der Waals surface area (Å²) in [5.74, 6) is 0.618. The van der Waals surface area contributed by atoms with Crippen LogP contribution in [0.3, 0.4) is 0 Å². The Morgan fingerprint density at radius 2 is 1.84 bits per heavy atom. The van der Waals surface area contributed by atoms with Crippen LogP contribution in [0.25, 0.3) is 0 Å². The van der Waals surface area contributed by atoms with Gasteiger partial charge in [0.25, 0.3) is 0 Å². The second-order valence-electron chi connectivity index (χ2n) is 8.54. The zero-order valence-corrected chi connectivity index (χ0v) is 18.5. The number of anilines is 1. The Hall–Kier alpha value is -2.93. The molecule has 6 nitrogen and oxygen atoms in total. The molecule has 32 heavy (non-hydrogen) atoms. The summed E-state index contributed by atoms with van der Waals surface area (Å²) in [7, 11) is 1.65. The Morgan fingerprint density at radius 3 is 2.56 bits per heavy atom. The van der Waals surface area contributed by atoms with Crippen molar-refractivity contribution in [1.82, 2.24) is 10.2 Å². The van der Waals surface area contributed by atoms with Crippen LogP contribution in [-0.2, 0) is 22.6 Å². The molecule has 1 fully saturated rings. The van der Waals surface area contributed by atoms with Crippen molar-refractivity contribution in [2.24, 2.45) is 5.92 Å². The van der Waals surface area contributed by atoms with Crippen LogP contribution in [0.5, 0.6) is 5.75 Å². The fourth-order valence-corrected chi connectivity index (χ4v) is 4.53. The van der Waals surface area contributed by atoms with E-state index >= 15 is 0 Å². The minimum absolute atomic E-state index is 0.0270. The average Bonchev–Trinajstić information content (AvgIpc) is 2.83. The van der Waals surface area contributed by atoms with E-state index in [2.05, 4.69) is 10.2 Å². The third kappa shape index (κ3) is 5.27. The van der Waals surface area contributed by atoms with Crippen LogP contribution >= 0.6 is 0 Å². The minimum atomic E-state index is -0.283. The van der Waals surface area contributed by atoms with Gasteiger partial charge in [-0.25, -0.2) is 4.39 Å². The maximum atomic E-state index is 13.0. The Balaban J connectivity index is 1.26. The van der Waals surface area contributed by atoms with Crippen molar-refractivity contribution < 1.29 is 18.7 Å². The number of nitrogens with one attached hydrogen (secondary N) is 1. The van der Waals surface area contributed by atoms with E-state index in [1.54, 1.807) is 19.2 Å². The summed E-state index contributed by atoms with van der Waals surface area (Å²) in [6.45, 7) is 2.96. The molecular formula is C25H30FN3O3. The van der Waals surface area contributed by atoms with Gasteiger partial charge in [0.15, 0.2) is 0 Å². The molecule has 170 valence electrons. The Bertz CT molecular complexity index is 955. The lowest BCUT2D eigenvalue weighted by Gasteiger charge is -2.34. The first-order chi connectivity index (χ1) is 15.5. The zero-order valence-electron chi connectivity index (χ0n) is 18.5. The summed E-state index contributed by atoms with van der Waals surface area (Å²) in [5, 5.41) is 2.95. The van der Waals surface area contributed by atoms with Crippen molar-refractivity contribution in [3.63, 3.8) is 0 Å². The van der Waals surface area contributed by atoms with Crippen LogP contribution in [0, 0.1) is 11.7 Å². The van der Waals surface area contributed by atoms with Gasteiger partial charge in [-0.3, -0.25) is 14.5 Å². The number of halogens is 1. The van der Waals surface area contributed by atoms with Gasteiger partial charge < -0.3 is 15.0 Å². The maximum absolute atomic E-state index is 13.0. The molecule has 2 aliphatic rings. The van der Waals surface area contributed by atoms with Crippen LogP contribution in [0.15, 0.2) is 42.5 Å². The number of hydrogen-bond acceptors (Lipinski definition) is 4. The minimum Gasteiger partial charge on any atom is -0.497 e. The molecule has 0 spiro atoms. The van der Waals surface area contributed by atoms with Gasteiger partial charge in [0.05, 0.1) is 13.7 Å². The standard InChI is InChI=1S/C25H30FN3O3/c1-32-22-8-9-23-20(15-22)3-2-12-29(23)24(30)17-28-13-10-19(11-14-28)25(31)27-16-18-4-6-21(26)7-5-18/h4-9,15,19H,2-3,10-14,16-17H2,1H3,(H,27,31). The molecule has 0 unspecified atom stereocenters. The second-order valence-corrected chi connectivity index (χ2v) is 8.54. The van der Waals surface area contributed by atoms with Crippen LogP contribution in [-0.4, -0.2) is 50.0 Å². The van der Waals surface area contributed by atoms with Gasteiger partial charge in [-0.2, -0.15) is 0 Å². The molecule has 0 radical (unpaired) electrons. The molecule has 1 saturated heterocycles. The van der Waals surface area contributed by atoms with Crippen molar-refractivity contribution in [3.8, 4) is 5.75 Å². The topological polar surface area (TPSA) is 61.9 Å². The van der Waals surface area contributed by atoms with Gasteiger partial charge in [0.1, 0.15) is 11.6 Å². The van der Waals surface area contributed by atoms with Gasteiger partial charge in [0.2, 0.25) is 11.8 Å². The summed E-state index contributed by atoms with van der Waals surface area (Å²) in [5.41, 5.74) is 3.01. The summed E-state index contributed by atoms with van der Waals surface area (Å²) in [4.78, 5) is 29.6. The lowest BCUT2D eigenvalue weighted by molar-refractivity contribution is -0.126. The first-order valence-corrected chi connectivity index (χ1v) is 11.3. The number of carbonyl (C=O) groups excluding carboxylic acids is 2. The molecular weight excluding hydrogens is 409 g/mol. The van der Waals surface area contributed by atoms with E-state index in [1.807, 2.05) is 23.1 Å². The highest BCUT2D eigenvalue weighted by molar-refractivity contribution is 5.96. The highest BCUT2D eigenvalue weighted by Gasteiger charge is 2.28. The number of methoxy groups -OCH3 is 1. The van der Waals surface area contributed by atoms with Gasteiger partial charge >= 0.3 is 0 Å². The number of likely N-dealkylation sites (tertiary alicyclic amines) is 1. The van der Waals surface area contributed by atoms with Crippen LogP contribution in [0.2, 0.25) is 0 Å². The molecule has 0 bridgehead atoms. The van der Waals surface area contributed by atoms with E-state index in [9.17, 15) is 14.0 Å². The molecule has 1 N–H and O–H groups in total. The lowest BCUT2D eigenvalue weighted by Crippen LogP contribution is -2.46. The summed E-state index contributed by atoms with van der Waals surface area (Å²) in [6, 6.07) is 12.0. The number of amides is 2. The summed E-state index contributed by atoms with van der Waals surface area (Å²) in [6.07, 6.45) is 3.36. The first kappa shape index (κ1) is 22.3. The highest BCUT2D eigenvalue weighted by atomic mass is 19.1. The molecule has 2 amide bonds. The molecule has 7 heteroatoms. The smallest absolute Gasteiger partial charge is 0.241 e. The van der Waals surface area contributed by atoms with E-state index in [1.165, 1.54) is 12.1 Å². The van der Waals surface area contributed by atoms with E-state index in [0.717, 1.165) is 67.9 Å². The number of fused-ring (bicyclic) bond motifs is 1. The molecule has 4 rings (SSSR count). The monoisotopic (exact) mass is 439 g/mol. The second kappa shape index (κ2) is 10.1. The fourth-order valence-electron chi connectivity index (χ4n) is 4.53. The molecule has 2 aromatic rings. The van der Waals surface area contributed by atoms with Crippen LogP contribution < -0.4 is 15.0 Å². The molecule has 2 aromatic carbocycles. The van der Waals surface area contributed by atoms with Crippen molar-refractivity contribution in [2.45, 2.75) is 32.2 Å². The van der Waals surface area contributed by atoms with Gasteiger partial charge in [-0.05, 0) is 80.2 Å². The number of aryl methyl sites for hydroxylation is 1. The number of carbonyl (C=O) groups is 2. The quantitative estimate of drug-likeness (QED) is 0.751. The molecule has 0 atom stereocenters. The van der Waals surface area contributed by atoms with Gasteiger partial charge in [0, 0.05) is 24.7 Å².